The van der Waals surface area contributed by atoms with Crippen LogP contribution in [0.15, 0.2) is 23.1 Å². The maximum absolute atomic E-state index is 12.5. The van der Waals surface area contributed by atoms with Crippen LogP contribution < -0.4 is 5.32 Å². The van der Waals surface area contributed by atoms with Crippen molar-refractivity contribution in [2.24, 2.45) is 0 Å². The normalized spacial score (nSPS) is 21.4. The van der Waals surface area contributed by atoms with Gasteiger partial charge in [-0.05, 0) is 50.6 Å². The lowest BCUT2D eigenvalue weighted by Gasteiger charge is -2.17. The summed E-state index contributed by atoms with van der Waals surface area (Å²) in [5.74, 6) is 0. The third kappa shape index (κ3) is 2.43. The van der Waals surface area contributed by atoms with E-state index < -0.39 is 10.0 Å². The molecule has 100 valence electrons. The zero-order valence-electron chi connectivity index (χ0n) is 11.1. The number of hydrogen-bond donors (Lipinski definition) is 1. The Kier molecular flexibility index (Phi) is 3.75. The first-order valence-corrected chi connectivity index (χ1v) is 7.64. The van der Waals surface area contributed by atoms with E-state index >= 15 is 0 Å². The minimum atomic E-state index is -3.33. The van der Waals surface area contributed by atoms with Crippen LogP contribution in [0.25, 0.3) is 0 Å². The average molecular weight is 268 g/mol. The molecule has 1 aliphatic heterocycles. The van der Waals surface area contributed by atoms with Gasteiger partial charge in [0.1, 0.15) is 0 Å². The van der Waals surface area contributed by atoms with E-state index in [0.29, 0.717) is 18.0 Å². The zero-order chi connectivity index (χ0) is 13.3. The minimum absolute atomic E-state index is 0.270. The number of sulfonamides is 1. The van der Waals surface area contributed by atoms with Gasteiger partial charge >= 0.3 is 0 Å². The van der Waals surface area contributed by atoms with Crippen molar-refractivity contribution < 1.29 is 8.42 Å². The van der Waals surface area contributed by atoms with Crippen molar-refractivity contribution in [1.29, 1.82) is 0 Å². The molecule has 0 bridgehead atoms. The van der Waals surface area contributed by atoms with Gasteiger partial charge in [-0.25, -0.2) is 8.42 Å². The van der Waals surface area contributed by atoms with Gasteiger partial charge in [0.2, 0.25) is 10.0 Å². The average Bonchev–Trinajstić information content (AvgIpc) is 2.81. The third-order valence-electron chi connectivity index (χ3n) is 3.68. The Balaban J connectivity index is 2.28. The first-order chi connectivity index (χ1) is 8.45. The lowest BCUT2D eigenvalue weighted by Crippen LogP contribution is -2.33. The summed E-state index contributed by atoms with van der Waals surface area (Å²) < 4.78 is 26.5. The first-order valence-electron chi connectivity index (χ1n) is 6.20. The Labute approximate surface area is 109 Å². The fourth-order valence-electron chi connectivity index (χ4n) is 2.21. The molecule has 1 aromatic rings. The lowest BCUT2D eigenvalue weighted by molar-refractivity contribution is 0.464. The van der Waals surface area contributed by atoms with Crippen LogP contribution in [0, 0.1) is 13.8 Å². The zero-order valence-corrected chi connectivity index (χ0v) is 11.9. The van der Waals surface area contributed by atoms with Crippen LogP contribution in [0.5, 0.6) is 0 Å². The molecule has 1 N–H and O–H groups in total. The van der Waals surface area contributed by atoms with Crippen LogP contribution in [0.4, 0.5) is 0 Å². The molecular formula is C13H20N2O2S. The molecule has 0 aromatic heterocycles. The topological polar surface area (TPSA) is 49.4 Å². The summed E-state index contributed by atoms with van der Waals surface area (Å²) in [4.78, 5) is 0.405. The van der Waals surface area contributed by atoms with E-state index in [4.69, 9.17) is 0 Å². The fraction of sp³-hybridized carbons (Fsp3) is 0.538. The standard InChI is InChI=1S/C13H20N2O2S/c1-10-4-5-13(8-11(10)2)18(16,17)15-7-6-12(9-15)14-3/h4-5,8,12,14H,6-7,9H2,1-3H3. The SMILES string of the molecule is CNC1CCN(S(=O)(=O)c2ccc(C)c(C)c2)C1. The molecule has 4 nitrogen and oxygen atoms in total. The number of rotatable bonds is 3. The second-order valence-corrected chi connectivity index (χ2v) is 6.82. The number of likely N-dealkylation sites (N-methyl/N-ethyl adjacent to an activating group) is 1. The predicted octanol–water partition coefficient (Wildman–Crippen LogP) is 1.29. The Hall–Kier alpha value is -0.910. The van der Waals surface area contributed by atoms with E-state index in [1.807, 2.05) is 27.0 Å². The molecule has 1 atom stereocenters. The Morgan fingerprint density at radius 1 is 1.28 bits per heavy atom. The van der Waals surface area contributed by atoms with Crippen LogP contribution in [-0.4, -0.2) is 38.9 Å². The molecule has 0 aliphatic carbocycles. The number of aryl methyl sites for hydroxylation is 2. The lowest BCUT2D eigenvalue weighted by atomic mass is 10.1. The molecule has 1 saturated heterocycles. The molecule has 0 amide bonds. The van der Waals surface area contributed by atoms with Gasteiger partial charge in [0.25, 0.3) is 0 Å². The molecule has 5 heteroatoms. The predicted molar refractivity (Wildman–Crippen MR) is 72.1 cm³/mol. The largest absolute Gasteiger partial charge is 0.316 e. The van der Waals surface area contributed by atoms with Crippen LogP contribution in [0.1, 0.15) is 17.5 Å². The highest BCUT2D eigenvalue weighted by molar-refractivity contribution is 7.89. The third-order valence-corrected chi connectivity index (χ3v) is 5.54. The van der Waals surface area contributed by atoms with Crippen LogP contribution >= 0.6 is 0 Å². The number of nitrogens with one attached hydrogen (secondary N) is 1. The van der Waals surface area contributed by atoms with E-state index in [-0.39, 0.29) is 6.04 Å². The summed E-state index contributed by atoms with van der Waals surface area (Å²) in [7, 11) is -1.46. The summed E-state index contributed by atoms with van der Waals surface area (Å²) in [5.41, 5.74) is 2.13. The second-order valence-electron chi connectivity index (χ2n) is 4.88. The van der Waals surface area contributed by atoms with Gasteiger partial charge in [0.15, 0.2) is 0 Å². The summed E-state index contributed by atoms with van der Waals surface area (Å²) in [6, 6.07) is 5.60. The van der Waals surface area contributed by atoms with Crippen molar-refractivity contribution in [3.8, 4) is 0 Å². The summed E-state index contributed by atoms with van der Waals surface area (Å²) >= 11 is 0. The summed E-state index contributed by atoms with van der Waals surface area (Å²) in [6.07, 6.45) is 0.876. The van der Waals surface area contributed by atoms with Crippen molar-refractivity contribution >= 4 is 10.0 Å². The molecule has 0 saturated carbocycles. The molecule has 0 spiro atoms. The van der Waals surface area contributed by atoms with Crippen LogP contribution in [0.3, 0.4) is 0 Å². The number of nitrogens with zero attached hydrogens (tertiary/aromatic N) is 1. The summed E-state index contributed by atoms with van der Waals surface area (Å²) in [6.45, 7) is 5.08. The van der Waals surface area contributed by atoms with Gasteiger partial charge < -0.3 is 5.32 Å². The van der Waals surface area contributed by atoms with E-state index in [1.54, 1.807) is 16.4 Å². The highest BCUT2D eigenvalue weighted by Gasteiger charge is 2.31. The molecule has 18 heavy (non-hydrogen) atoms. The van der Waals surface area contributed by atoms with Crippen molar-refractivity contribution in [3.63, 3.8) is 0 Å². The Morgan fingerprint density at radius 3 is 2.56 bits per heavy atom. The Morgan fingerprint density at radius 2 is 2.00 bits per heavy atom. The molecule has 0 radical (unpaired) electrons. The highest BCUT2D eigenvalue weighted by Crippen LogP contribution is 2.22. The van der Waals surface area contributed by atoms with Gasteiger partial charge in [0.05, 0.1) is 4.90 Å². The van der Waals surface area contributed by atoms with E-state index in [9.17, 15) is 8.42 Å². The maximum Gasteiger partial charge on any atom is 0.243 e. The molecule has 1 heterocycles. The van der Waals surface area contributed by atoms with Gasteiger partial charge in [-0.15, -0.1) is 0 Å². The van der Waals surface area contributed by atoms with Gasteiger partial charge in [-0.2, -0.15) is 4.31 Å². The van der Waals surface area contributed by atoms with E-state index in [0.717, 1.165) is 17.5 Å². The molecule has 2 rings (SSSR count). The molecule has 1 fully saturated rings. The number of benzene rings is 1. The van der Waals surface area contributed by atoms with Gasteiger partial charge in [-0.1, -0.05) is 6.07 Å². The summed E-state index contributed by atoms with van der Waals surface area (Å²) in [5, 5.41) is 3.13. The molecule has 1 aliphatic rings. The molecular weight excluding hydrogens is 248 g/mol. The quantitative estimate of drug-likeness (QED) is 0.898. The highest BCUT2D eigenvalue weighted by atomic mass is 32.2. The van der Waals surface area contributed by atoms with Crippen molar-refractivity contribution in [2.75, 3.05) is 20.1 Å². The smallest absolute Gasteiger partial charge is 0.243 e. The van der Waals surface area contributed by atoms with E-state index in [1.165, 1.54) is 0 Å². The van der Waals surface area contributed by atoms with E-state index in [2.05, 4.69) is 5.32 Å². The van der Waals surface area contributed by atoms with Gasteiger partial charge in [0, 0.05) is 19.1 Å². The molecule has 1 unspecified atom stereocenters. The molecule has 1 aromatic carbocycles. The second kappa shape index (κ2) is 4.99. The first kappa shape index (κ1) is 13.5. The van der Waals surface area contributed by atoms with Crippen molar-refractivity contribution in [2.45, 2.75) is 31.2 Å². The fourth-order valence-corrected chi connectivity index (χ4v) is 3.79. The maximum atomic E-state index is 12.5. The van der Waals surface area contributed by atoms with Crippen molar-refractivity contribution in [3.05, 3.63) is 29.3 Å². The van der Waals surface area contributed by atoms with Gasteiger partial charge in [-0.3, -0.25) is 0 Å². The van der Waals surface area contributed by atoms with Crippen molar-refractivity contribution in [1.82, 2.24) is 9.62 Å². The minimum Gasteiger partial charge on any atom is -0.316 e. The van der Waals surface area contributed by atoms with Crippen LogP contribution in [0.2, 0.25) is 0 Å². The Bertz CT molecular complexity index is 540. The van der Waals surface area contributed by atoms with Crippen LogP contribution in [-0.2, 0) is 10.0 Å². The monoisotopic (exact) mass is 268 g/mol. The number of hydrogen-bond acceptors (Lipinski definition) is 3.